The second-order valence-electron chi connectivity index (χ2n) is 5.03. The average molecular weight is 345 g/mol. The van der Waals surface area contributed by atoms with E-state index in [9.17, 15) is 18.0 Å². The molecule has 8 nitrogen and oxygen atoms in total. The normalized spacial score (nSPS) is 12.7. The van der Waals surface area contributed by atoms with Crippen LogP contribution in [0.1, 0.15) is 24.2 Å². The Morgan fingerprint density at radius 1 is 1.22 bits per heavy atom. The predicted octanol–water partition coefficient (Wildman–Crippen LogP) is 0.869. The second-order valence-corrected chi connectivity index (χ2v) is 6.75. The summed E-state index contributed by atoms with van der Waals surface area (Å²) in [4.78, 5) is 22.5. The van der Waals surface area contributed by atoms with Crippen molar-refractivity contribution in [3.8, 4) is 5.75 Å². The molecule has 0 aliphatic carbocycles. The highest BCUT2D eigenvalue weighted by atomic mass is 32.2. The van der Waals surface area contributed by atoms with Crippen molar-refractivity contribution in [1.82, 2.24) is 4.72 Å². The van der Waals surface area contributed by atoms with Crippen LogP contribution in [0.25, 0.3) is 0 Å². The Bertz CT molecular complexity index is 697. The number of rotatable bonds is 7. The van der Waals surface area contributed by atoms with Gasteiger partial charge in [0.1, 0.15) is 17.4 Å². The van der Waals surface area contributed by atoms with Gasteiger partial charge in [-0.15, -0.1) is 0 Å². The van der Waals surface area contributed by atoms with E-state index >= 15 is 0 Å². The van der Waals surface area contributed by atoms with Gasteiger partial charge < -0.3 is 14.6 Å². The van der Waals surface area contributed by atoms with E-state index in [1.807, 2.05) is 0 Å². The number of hydrogen-bond acceptors (Lipinski definition) is 6. The number of carboxylic acids is 1. The average Bonchev–Trinajstić information content (AvgIpc) is 2.50. The third-order valence-electron chi connectivity index (χ3n) is 3.10. The molecule has 0 saturated heterocycles. The smallest absolute Gasteiger partial charge is 0.341 e. The van der Waals surface area contributed by atoms with Gasteiger partial charge in [-0.3, -0.25) is 4.79 Å². The fraction of sp³-hybridized carbons (Fsp3) is 0.429. The third-order valence-corrected chi connectivity index (χ3v) is 4.54. The van der Waals surface area contributed by atoms with Gasteiger partial charge in [-0.1, -0.05) is 13.8 Å². The van der Waals surface area contributed by atoms with E-state index < -0.39 is 33.9 Å². The number of carbonyl (C=O) groups excluding carboxylic acids is 1. The van der Waals surface area contributed by atoms with Crippen molar-refractivity contribution >= 4 is 22.0 Å². The quantitative estimate of drug-likeness (QED) is 0.704. The van der Waals surface area contributed by atoms with E-state index in [4.69, 9.17) is 9.84 Å². The number of methoxy groups -OCH3 is 2. The molecule has 0 saturated carbocycles. The fourth-order valence-electron chi connectivity index (χ4n) is 1.82. The first-order valence-electron chi connectivity index (χ1n) is 6.65. The fourth-order valence-corrected chi connectivity index (χ4v) is 3.18. The van der Waals surface area contributed by atoms with E-state index in [1.165, 1.54) is 26.4 Å². The predicted molar refractivity (Wildman–Crippen MR) is 80.9 cm³/mol. The summed E-state index contributed by atoms with van der Waals surface area (Å²) >= 11 is 0. The van der Waals surface area contributed by atoms with Crippen LogP contribution in [0, 0.1) is 5.92 Å². The molecule has 0 spiro atoms. The van der Waals surface area contributed by atoms with Crippen molar-refractivity contribution in [1.29, 1.82) is 0 Å². The number of benzene rings is 1. The zero-order valence-corrected chi connectivity index (χ0v) is 14.0. The molecule has 23 heavy (non-hydrogen) atoms. The molecule has 1 rings (SSSR count). The molecule has 1 unspecified atom stereocenters. The third kappa shape index (κ3) is 4.42. The molecule has 0 aromatic heterocycles. The van der Waals surface area contributed by atoms with E-state index in [0.29, 0.717) is 0 Å². The standard InChI is InChI=1S/C14H19NO7S/c1-8(2)12(13(16)17)15-23(19,20)9-5-6-10(14(18)22-4)11(7-9)21-3/h5-8,12,15H,1-4H3,(H,16,17). The van der Waals surface area contributed by atoms with Gasteiger partial charge in [-0.05, 0) is 18.1 Å². The summed E-state index contributed by atoms with van der Waals surface area (Å²) in [5, 5.41) is 9.09. The van der Waals surface area contributed by atoms with Crippen molar-refractivity contribution in [2.24, 2.45) is 5.92 Å². The number of hydrogen-bond donors (Lipinski definition) is 2. The molecule has 2 N–H and O–H groups in total. The first kappa shape index (κ1) is 18.9. The Balaban J connectivity index is 3.24. The van der Waals surface area contributed by atoms with Crippen molar-refractivity contribution in [2.45, 2.75) is 24.8 Å². The number of ether oxygens (including phenoxy) is 2. The lowest BCUT2D eigenvalue weighted by molar-refractivity contribution is -0.140. The number of esters is 1. The minimum absolute atomic E-state index is 0.0103. The highest BCUT2D eigenvalue weighted by molar-refractivity contribution is 7.89. The summed E-state index contributed by atoms with van der Waals surface area (Å²) < 4.78 is 36.3. The van der Waals surface area contributed by atoms with E-state index in [-0.39, 0.29) is 16.2 Å². The SMILES string of the molecule is COC(=O)c1ccc(S(=O)(=O)NC(C(=O)O)C(C)C)cc1OC. The minimum Gasteiger partial charge on any atom is -0.496 e. The van der Waals surface area contributed by atoms with Gasteiger partial charge >= 0.3 is 11.9 Å². The lowest BCUT2D eigenvalue weighted by Gasteiger charge is -2.18. The lowest BCUT2D eigenvalue weighted by atomic mass is 10.1. The summed E-state index contributed by atoms with van der Waals surface area (Å²) in [7, 11) is -1.63. The summed E-state index contributed by atoms with van der Waals surface area (Å²) in [6.45, 7) is 3.17. The summed E-state index contributed by atoms with van der Waals surface area (Å²) in [5.41, 5.74) is 0.0626. The first-order valence-corrected chi connectivity index (χ1v) is 8.13. The molecule has 0 radical (unpaired) electrons. The lowest BCUT2D eigenvalue weighted by Crippen LogP contribution is -2.44. The van der Waals surface area contributed by atoms with Crippen LogP contribution in [0.2, 0.25) is 0 Å². The van der Waals surface area contributed by atoms with Gasteiger partial charge in [0.15, 0.2) is 0 Å². The molecule has 0 fully saturated rings. The van der Waals surface area contributed by atoms with Gasteiger partial charge in [-0.2, -0.15) is 4.72 Å². The van der Waals surface area contributed by atoms with Crippen LogP contribution in [0.3, 0.4) is 0 Å². The maximum atomic E-state index is 12.3. The molecule has 0 heterocycles. The van der Waals surface area contributed by atoms with Gasteiger partial charge in [0, 0.05) is 6.07 Å². The summed E-state index contributed by atoms with van der Waals surface area (Å²) in [6.07, 6.45) is 0. The largest absolute Gasteiger partial charge is 0.496 e. The molecule has 1 aromatic rings. The van der Waals surface area contributed by atoms with Crippen LogP contribution in [0.15, 0.2) is 23.1 Å². The number of sulfonamides is 1. The Morgan fingerprint density at radius 2 is 1.83 bits per heavy atom. The monoisotopic (exact) mass is 345 g/mol. The van der Waals surface area contributed by atoms with Crippen LogP contribution in [-0.2, 0) is 19.6 Å². The van der Waals surface area contributed by atoms with Crippen molar-refractivity contribution in [3.05, 3.63) is 23.8 Å². The number of nitrogens with one attached hydrogen (secondary N) is 1. The molecule has 128 valence electrons. The van der Waals surface area contributed by atoms with Crippen molar-refractivity contribution < 1.29 is 32.6 Å². The maximum Gasteiger partial charge on any atom is 0.341 e. The molecular weight excluding hydrogens is 326 g/mol. The van der Waals surface area contributed by atoms with Crippen LogP contribution in [-0.4, -0.2) is 45.7 Å². The number of carbonyl (C=O) groups is 2. The van der Waals surface area contributed by atoms with E-state index in [1.54, 1.807) is 13.8 Å². The molecule has 0 bridgehead atoms. The van der Waals surface area contributed by atoms with Crippen LogP contribution in [0.4, 0.5) is 0 Å². The van der Waals surface area contributed by atoms with Crippen LogP contribution >= 0.6 is 0 Å². The van der Waals surface area contributed by atoms with Crippen molar-refractivity contribution in [3.63, 3.8) is 0 Å². The molecule has 1 aromatic carbocycles. The second kappa shape index (κ2) is 7.42. The van der Waals surface area contributed by atoms with Crippen LogP contribution < -0.4 is 9.46 Å². The van der Waals surface area contributed by atoms with Gasteiger partial charge in [0.05, 0.1) is 19.1 Å². The molecule has 1 atom stereocenters. The Kier molecular flexibility index (Phi) is 6.11. The van der Waals surface area contributed by atoms with Crippen LogP contribution in [0.5, 0.6) is 5.75 Å². The molecule has 9 heteroatoms. The molecule has 0 amide bonds. The minimum atomic E-state index is -4.09. The number of carboxylic acid groups (broad SMARTS) is 1. The summed E-state index contributed by atoms with van der Waals surface area (Å²) in [5.74, 6) is -2.39. The van der Waals surface area contributed by atoms with Gasteiger partial charge in [0.25, 0.3) is 0 Å². The van der Waals surface area contributed by atoms with Gasteiger partial charge in [-0.25, -0.2) is 13.2 Å². The molecular formula is C14H19NO7S. The Hall–Kier alpha value is -2.13. The summed E-state index contributed by atoms with van der Waals surface area (Å²) in [6, 6.07) is 2.28. The zero-order valence-electron chi connectivity index (χ0n) is 13.2. The zero-order chi connectivity index (χ0) is 17.8. The molecule has 0 aliphatic heterocycles. The first-order chi connectivity index (χ1) is 10.6. The van der Waals surface area contributed by atoms with E-state index in [0.717, 1.165) is 6.07 Å². The number of aliphatic carboxylic acids is 1. The van der Waals surface area contributed by atoms with Crippen molar-refractivity contribution in [2.75, 3.05) is 14.2 Å². The topological polar surface area (TPSA) is 119 Å². The highest BCUT2D eigenvalue weighted by Gasteiger charge is 2.29. The highest BCUT2D eigenvalue weighted by Crippen LogP contribution is 2.24. The Morgan fingerprint density at radius 3 is 2.26 bits per heavy atom. The van der Waals surface area contributed by atoms with Gasteiger partial charge in [0.2, 0.25) is 10.0 Å². The molecule has 0 aliphatic rings. The Labute approximate surface area is 134 Å². The van der Waals surface area contributed by atoms with E-state index in [2.05, 4.69) is 9.46 Å². The maximum absolute atomic E-state index is 12.3.